The first-order valence-electron chi connectivity index (χ1n) is 11.1. The van der Waals surface area contributed by atoms with E-state index < -0.39 is 0 Å². The molecule has 0 N–H and O–H groups in total. The van der Waals surface area contributed by atoms with Crippen molar-refractivity contribution in [2.45, 2.75) is 32.7 Å². The summed E-state index contributed by atoms with van der Waals surface area (Å²) in [4.78, 5) is 27.3. The summed E-state index contributed by atoms with van der Waals surface area (Å²) < 4.78 is 7.66. The van der Waals surface area contributed by atoms with E-state index in [-0.39, 0.29) is 17.5 Å². The molecule has 2 heterocycles. The number of piperidine rings is 1. The molecule has 4 rings (SSSR count). The van der Waals surface area contributed by atoms with Crippen molar-refractivity contribution >= 4 is 22.5 Å². The smallest absolute Gasteiger partial charge is 0.166 e. The molecule has 3 aromatic rings. The van der Waals surface area contributed by atoms with Gasteiger partial charge in [0, 0.05) is 29.8 Å². The quantitative estimate of drug-likeness (QED) is 0.491. The summed E-state index contributed by atoms with van der Waals surface area (Å²) in [7, 11) is 1.64. The Balaban J connectivity index is 1.34. The van der Waals surface area contributed by atoms with Crippen molar-refractivity contribution in [2.24, 2.45) is 5.92 Å². The van der Waals surface area contributed by atoms with Crippen molar-refractivity contribution in [2.75, 3.05) is 26.7 Å². The maximum Gasteiger partial charge on any atom is 0.166 e. The SMILES string of the molecule is COc1cccc2c1c(C(C)=O)cn2CCCN1CCC(C(=O)c2ccccc2)CC1. The Morgan fingerprint density at radius 2 is 1.74 bits per heavy atom. The number of Topliss-reactive ketones (excluding diaryl/α,β-unsaturated/α-hetero) is 2. The summed E-state index contributed by atoms with van der Waals surface area (Å²) in [6.45, 7) is 5.36. The van der Waals surface area contributed by atoms with Gasteiger partial charge >= 0.3 is 0 Å². The van der Waals surface area contributed by atoms with E-state index in [0.717, 1.165) is 67.7 Å². The minimum atomic E-state index is 0.0541. The van der Waals surface area contributed by atoms with E-state index in [0.29, 0.717) is 5.56 Å². The zero-order valence-electron chi connectivity index (χ0n) is 18.3. The van der Waals surface area contributed by atoms with Crippen molar-refractivity contribution < 1.29 is 14.3 Å². The second-order valence-corrected chi connectivity index (χ2v) is 8.35. The third-order valence-corrected chi connectivity index (χ3v) is 6.36. The van der Waals surface area contributed by atoms with Crippen LogP contribution < -0.4 is 4.74 Å². The van der Waals surface area contributed by atoms with Crippen molar-refractivity contribution in [3.05, 3.63) is 65.9 Å². The lowest BCUT2D eigenvalue weighted by Crippen LogP contribution is -2.37. The van der Waals surface area contributed by atoms with Crippen LogP contribution in [0.25, 0.3) is 10.9 Å². The van der Waals surface area contributed by atoms with Gasteiger partial charge in [0.25, 0.3) is 0 Å². The number of likely N-dealkylation sites (tertiary alicyclic amines) is 1. The predicted octanol–water partition coefficient (Wildman–Crippen LogP) is 4.84. The van der Waals surface area contributed by atoms with Gasteiger partial charge in [0.15, 0.2) is 11.6 Å². The summed E-state index contributed by atoms with van der Waals surface area (Å²) in [6, 6.07) is 15.6. The van der Waals surface area contributed by atoms with E-state index in [1.54, 1.807) is 14.0 Å². The van der Waals surface area contributed by atoms with Crippen molar-refractivity contribution in [1.82, 2.24) is 9.47 Å². The van der Waals surface area contributed by atoms with Crippen LogP contribution in [0, 0.1) is 5.92 Å². The highest BCUT2D eigenvalue weighted by molar-refractivity contribution is 6.09. The van der Waals surface area contributed by atoms with E-state index in [2.05, 4.69) is 9.47 Å². The van der Waals surface area contributed by atoms with E-state index in [1.165, 1.54) is 0 Å². The van der Waals surface area contributed by atoms with Crippen molar-refractivity contribution in [1.29, 1.82) is 0 Å². The monoisotopic (exact) mass is 418 g/mol. The number of hydrogen-bond donors (Lipinski definition) is 0. The molecule has 1 aromatic heterocycles. The maximum absolute atomic E-state index is 12.7. The Morgan fingerprint density at radius 3 is 2.42 bits per heavy atom. The van der Waals surface area contributed by atoms with Gasteiger partial charge in [0.05, 0.1) is 18.0 Å². The fourth-order valence-corrected chi connectivity index (χ4v) is 4.66. The molecule has 162 valence electrons. The standard InChI is InChI=1S/C26H30N2O3/c1-19(29)22-18-28(23-10-6-11-24(31-2)25(22)23)15-7-14-27-16-12-21(13-17-27)26(30)20-8-4-3-5-9-20/h3-6,8-11,18,21H,7,12-17H2,1-2H3. The number of ketones is 2. The Hall–Kier alpha value is -2.92. The maximum atomic E-state index is 12.7. The molecule has 5 nitrogen and oxygen atoms in total. The van der Waals surface area contributed by atoms with Gasteiger partial charge in [-0.15, -0.1) is 0 Å². The summed E-state index contributed by atoms with van der Waals surface area (Å²) in [5.41, 5.74) is 2.58. The number of carbonyl (C=O) groups excluding carboxylic acids is 2. The van der Waals surface area contributed by atoms with Crippen LogP contribution in [0.4, 0.5) is 0 Å². The zero-order valence-corrected chi connectivity index (χ0v) is 18.3. The Labute approximate surface area is 183 Å². The predicted molar refractivity (Wildman–Crippen MR) is 123 cm³/mol. The molecule has 5 heteroatoms. The lowest BCUT2D eigenvalue weighted by molar-refractivity contribution is 0.0838. The molecular formula is C26H30N2O3. The second-order valence-electron chi connectivity index (χ2n) is 8.35. The lowest BCUT2D eigenvalue weighted by atomic mass is 9.89. The molecule has 1 saturated heterocycles. The third kappa shape index (κ3) is 4.57. The Bertz CT molecular complexity index is 1060. The molecule has 0 aliphatic carbocycles. The van der Waals surface area contributed by atoms with Gasteiger partial charge in [-0.1, -0.05) is 36.4 Å². The summed E-state index contributed by atoms with van der Waals surface area (Å²) >= 11 is 0. The number of aromatic nitrogens is 1. The van der Waals surface area contributed by atoms with Gasteiger partial charge in [0.2, 0.25) is 0 Å². The van der Waals surface area contributed by atoms with E-state index in [9.17, 15) is 9.59 Å². The van der Waals surface area contributed by atoms with Gasteiger partial charge in [-0.3, -0.25) is 9.59 Å². The summed E-state index contributed by atoms with van der Waals surface area (Å²) in [5, 5.41) is 0.901. The number of ether oxygens (including phenoxy) is 1. The normalized spacial score (nSPS) is 15.3. The average molecular weight is 419 g/mol. The molecule has 0 unspecified atom stereocenters. The van der Waals surface area contributed by atoms with Crippen molar-refractivity contribution in [3.8, 4) is 5.75 Å². The van der Waals surface area contributed by atoms with Crippen LogP contribution in [0.5, 0.6) is 5.75 Å². The number of benzene rings is 2. The molecule has 0 atom stereocenters. The van der Waals surface area contributed by atoms with Gasteiger partial charge < -0.3 is 14.2 Å². The average Bonchev–Trinajstić information content (AvgIpc) is 3.19. The van der Waals surface area contributed by atoms with E-state index in [4.69, 9.17) is 4.74 Å². The summed E-state index contributed by atoms with van der Waals surface area (Å²) in [5.74, 6) is 1.22. The molecule has 2 aromatic carbocycles. The largest absolute Gasteiger partial charge is 0.496 e. The van der Waals surface area contributed by atoms with E-state index >= 15 is 0 Å². The number of nitrogens with zero attached hydrogens (tertiary/aromatic N) is 2. The molecule has 1 aliphatic rings. The first kappa shape index (κ1) is 21.3. The first-order valence-corrected chi connectivity index (χ1v) is 11.1. The molecule has 0 radical (unpaired) electrons. The zero-order chi connectivity index (χ0) is 21.8. The molecule has 0 spiro atoms. The number of fused-ring (bicyclic) bond motifs is 1. The lowest BCUT2D eigenvalue weighted by Gasteiger charge is -2.31. The summed E-state index contributed by atoms with van der Waals surface area (Å²) in [6.07, 6.45) is 4.80. The van der Waals surface area contributed by atoms with Crippen LogP contribution in [-0.4, -0.2) is 47.8 Å². The van der Waals surface area contributed by atoms with Crippen molar-refractivity contribution in [3.63, 3.8) is 0 Å². The van der Waals surface area contributed by atoms with Gasteiger partial charge in [0.1, 0.15) is 5.75 Å². The van der Waals surface area contributed by atoms with Crippen LogP contribution >= 0.6 is 0 Å². The molecule has 0 bridgehead atoms. The number of carbonyl (C=O) groups is 2. The topological polar surface area (TPSA) is 51.5 Å². The Morgan fingerprint density at radius 1 is 1.00 bits per heavy atom. The molecular weight excluding hydrogens is 388 g/mol. The van der Waals surface area contributed by atoms with Crippen LogP contribution in [0.1, 0.15) is 46.9 Å². The Kier molecular flexibility index (Phi) is 6.52. The first-order chi connectivity index (χ1) is 15.1. The highest BCUT2D eigenvalue weighted by atomic mass is 16.5. The second kappa shape index (κ2) is 9.48. The number of aryl methyl sites for hydroxylation is 1. The van der Waals surface area contributed by atoms with Crippen LogP contribution in [0.2, 0.25) is 0 Å². The minimum Gasteiger partial charge on any atom is -0.496 e. The van der Waals surface area contributed by atoms with Crippen LogP contribution in [-0.2, 0) is 6.54 Å². The third-order valence-electron chi connectivity index (χ3n) is 6.36. The number of rotatable bonds is 8. The number of methoxy groups -OCH3 is 1. The molecule has 0 amide bonds. The fourth-order valence-electron chi connectivity index (χ4n) is 4.66. The molecule has 1 fully saturated rings. The minimum absolute atomic E-state index is 0.0541. The number of hydrogen-bond acceptors (Lipinski definition) is 4. The van der Waals surface area contributed by atoms with Gasteiger partial charge in [-0.05, 0) is 58.0 Å². The van der Waals surface area contributed by atoms with E-state index in [1.807, 2.05) is 54.7 Å². The highest BCUT2D eigenvalue weighted by Gasteiger charge is 2.25. The van der Waals surface area contributed by atoms with Crippen LogP contribution in [0.15, 0.2) is 54.7 Å². The van der Waals surface area contributed by atoms with Crippen LogP contribution in [0.3, 0.4) is 0 Å². The molecule has 1 aliphatic heterocycles. The van der Waals surface area contributed by atoms with Gasteiger partial charge in [-0.2, -0.15) is 0 Å². The molecule has 31 heavy (non-hydrogen) atoms. The fraction of sp³-hybridized carbons (Fsp3) is 0.385. The highest BCUT2D eigenvalue weighted by Crippen LogP contribution is 2.31. The van der Waals surface area contributed by atoms with Gasteiger partial charge in [-0.25, -0.2) is 0 Å². The molecule has 0 saturated carbocycles.